The molecule has 1 aromatic rings. The maximum absolute atomic E-state index is 13.2. The van der Waals surface area contributed by atoms with E-state index in [1.807, 2.05) is 0 Å². The number of pyridine rings is 1. The summed E-state index contributed by atoms with van der Waals surface area (Å²) in [6, 6.07) is 1.45. The molecule has 0 N–H and O–H groups in total. The van der Waals surface area contributed by atoms with E-state index >= 15 is 0 Å². The Morgan fingerprint density at radius 2 is 2.50 bits per heavy atom. The predicted molar refractivity (Wildman–Crippen MR) is 54.0 cm³/mol. The highest BCUT2D eigenvalue weighted by Crippen LogP contribution is 2.29. The minimum Gasteiger partial charge on any atom is -0.293 e. The van der Waals surface area contributed by atoms with Crippen molar-refractivity contribution in [1.82, 2.24) is 4.98 Å². The van der Waals surface area contributed by atoms with Crippen molar-refractivity contribution in [2.24, 2.45) is 0 Å². The van der Waals surface area contributed by atoms with E-state index in [-0.39, 0.29) is 16.6 Å². The standard InChI is InChI=1S/C10H10FNOS/c11-8-6-12-4-3-7(8)10(13)9-2-1-5-14-9/h3-4,6,9H,1-2,5H2. The molecule has 1 unspecified atom stereocenters. The molecule has 0 radical (unpaired) electrons. The molecule has 0 bridgehead atoms. The maximum atomic E-state index is 13.2. The number of nitrogens with zero attached hydrogens (tertiary/aromatic N) is 1. The Balaban J connectivity index is 2.22. The lowest BCUT2D eigenvalue weighted by atomic mass is 10.1. The first kappa shape index (κ1) is 9.65. The van der Waals surface area contributed by atoms with Gasteiger partial charge in [0.1, 0.15) is 0 Å². The molecule has 1 fully saturated rings. The smallest absolute Gasteiger partial charge is 0.178 e. The van der Waals surface area contributed by atoms with E-state index in [2.05, 4.69) is 4.98 Å². The fourth-order valence-corrected chi connectivity index (χ4v) is 2.76. The Bertz CT molecular complexity index is 350. The maximum Gasteiger partial charge on any atom is 0.178 e. The average molecular weight is 211 g/mol. The highest BCUT2D eigenvalue weighted by Gasteiger charge is 2.26. The number of hydrogen-bond acceptors (Lipinski definition) is 3. The lowest BCUT2D eigenvalue weighted by Crippen LogP contribution is -2.15. The average Bonchev–Trinajstić information content (AvgIpc) is 2.70. The molecule has 1 aliphatic heterocycles. The molecule has 14 heavy (non-hydrogen) atoms. The number of thioether (sulfide) groups is 1. The number of halogens is 1. The van der Waals surface area contributed by atoms with Gasteiger partial charge in [0, 0.05) is 6.20 Å². The van der Waals surface area contributed by atoms with Crippen LogP contribution in [0.5, 0.6) is 0 Å². The third kappa shape index (κ3) is 1.80. The Morgan fingerprint density at radius 3 is 3.14 bits per heavy atom. The highest BCUT2D eigenvalue weighted by molar-refractivity contribution is 8.00. The van der Waals surface area contributed by atoms with E-state index < -0.39 is 5.82 Å². The van der Waals surface area contributed by atoms with Crippen LogP contribution in [0.3, 0.4) is 0 Å². The second-order valence-corrected chi connectivity index (χ2v) is 4.53. The number of rotatable bonds is 2. The minimum absolute atomic E-state index is 0.0492. The van der Waals surface area contributed by atoms with Gasteiger partial charge in [-0.15, -0.1) is 0 Å². The summed E-state index contributed by atoms with van der Waals surface area (Å²) in [6.45, 7) is 0. The van der Waals surface area contributed by atoms with Gasteiger partial charge in [-0.25, -0.2) is 4.39 Å². The molecule has 1 atom stereocenters. The van der Waals surface area contributed by atoms with E-state index in [0.29, 0.717) is 0 Å². The third-order valence-electron chi connectivity index (χ3n) is 2.26. The second-order valence-electron chi connectivity index (χ2n) is 3.22. The molecule has 1 aliphatic rings. The molecule has 1 aromatic heterocycles. The highest BCUT2D eigenvalue weighted by atomic mass is 32.2. The van der Waals surface area contributed by atoms with Gasteiger partial charge in [0.2, 0.25) is 0 Å². The van der Waals surface area contributed by atoms with Crippen LogP contribution < -0.4 is 0 Å². The number of aromatic nitrogens is 1. The van der Waals surface area contributed by atoms with Crippen molar-refractivity contribution >= 4 is 17.5 Å². The van der Waals surface area contributed by atoms with Crippen LogP contribution in [0.4, 0.5) is 4.39 Å². The van der Waals surface area contributed by atoms with Gasteiger partial charge in [-0.05, 0) is 24.7 Å². The Labute approximate surface area is 85.9 Å². The van der Waals surface area contributed by atoms with Crippen molar-refractivity contribution in [2.45, 2.75) is 18.1 Å². The minimum atomic E-state index is -0.509. The molecule has 2 rings (SSSR count). The van der Waals surface area contributed by atoms with Crippen molar-refractivity contribution in [1.29, 1.82) is 0 Å². The lowest BCUT2D eigenvalue weighted by molar-refractivity contribution is 0.0984. The van der Waals surface area contributed by atoms with Crippen molar-refractivity contribution in [3.05, 3.63) is 29.8 Å². The van der Waals surface area contributed by atoms with Crippen LogP contribution in [0, 0.1) is 5.82 Å². The van der Waals surface area contributed by atoms with E-state index in [0.717, 1.165) is 24.8 Å². The van der Waals surface area contributed by atoms with E-state index in [4.69, 9.17) is 0 Å². The van der Waals surface area contributed by atoms with Crippen molar-refractivity contribution in [3.8, 4) is 0 Å². The summed E-state index contributed by atoms with van der Waals surface area (Å²) in [7, 11) is 0. The zero-order chi connectivity index (χ0) is 9.97. The topological polar surface area (TPSA) is 30.0 Å². The zero-order valence-corrected chi connectivity index (χ0v) is 8.39. The fourth-order valence-electron chi connectivity index (χ4n) is 1.53. The molecule has 74 valence electrons. The van der Waals surface area contributed by atoms with Crippen LogP contribution in [-0.2, 0) is 0 Å². The molecule has 1 saturated heterocycles. The number of ketones is 1. The third-order valence-corrected chi connectivity index (χ3v) is 3.64. The molecule has 0 amide bonds. The molecule has 0 aromatic carbocycles. The SMILES string of the molecule is O=C(c1ccncc1F)C1CCCS1. The quantitative estimate of drug-likeness (QED) is 0.703. The van der Waals surface area contributed by atoms with Crippen molar-refractivity contribution < 1.29 is 9.18 Å². The van der Waals surface area contributed by atoms with E-state index in [9.17, 15) is 9.18 Å². The molecule has 0 aliphatic carbocycles. The van der Waals surface area contributed by atoms with Gasteiger partial charge in [-0.1, -0.05) is 0 Å². The molecule has 2 nitrogen and oxygen atoms in total. The Morgan fingerprint density at radius 1 is 1.64 bits per heavy atom. The first-order valence-electron chi connectivity index (χ1n) is 4.54. The van der Waals surface area contributed by atoms with Gasteiger partial charge in [0.05, 0.1) is 17.0 Å². The van der Waals surface area contributed by atoms with E-state index in [1.54, 1.807) is 11.8 Å². The van der Waals surface area contributed by atoms with Crippen LogP contribution in [-0.4, -0.2) is 21.8 Å². The van der Waals surface area contributed by atoms with Gasteiger partial charge in [0.25, 0.3) is 0 Å². The van der Waals surface area contributed by atoms with Crippen LogP contribution in [0.2, 0.25) is 0 Å². The van der Waals surface area contributed by atoms with Gasteiger partial charge in [-0.2, -0.15) is 11.8 Å². The largest absolute Gasteiger partial charge is 0.293 e. The van der Waals surface area contributed by atoms with Crippen molar-refractivity contribution in [3.63, 3.8) is 0 Å². The molecule has 0 spiro atoms. The summed E-state index contributed by atoms with van der Waals surface area (Å²) in [5.41, 5.74) is 0.180. The van der Waals surface area contributed by atoms with Gasteiger partial charge < -0.3 is 0 Å². The first-order valence-corrected chi connectivity index (χ1v) is 5.59. The summed E-state index contributed by atoms with van der Waals surface area (Å²) in [5.74, 6) is 0.403. The molecule has 0 saturated carbocycles. The number of hydrogen-bond donors (Lipinski definition) is 0. The summed E-state index contributed by atoms with van der Waals surface area (Å²) >= 11 is 1.62. The second kappa shape index (κ2) is 4.09. The summed E-state index contributed by atoms with van der Waals surface area (Å²) < 4.78 is 13.2. The normalized spacial score (nSPS) is 21.1. The summed E-state index contributed by atoms with van der Waals surface area (Å²) in [5, 5.41) is -0.0492. The van der Waals surface area contributed by atoms with Gasteiger partial charge >= 0.3 is 0 Å². The lowest BCUT2D eigenvalue weighted by Gasteiger charge is -2.07. The number of carbonyl (C=O) groups excluding carboxylic acids is 1. The zero-order valence-electron chi connectivity index (χ0n) is 7.57. The van der Waals surface area contributed by atoms with Crippen LogP contribution in [0.1, 0.15) is 23.2 Å². The van der Waals surface area contributed by atoms with Crippen LogP contribution in [0.15, 0.2) is 18.5 Å². The summed E-state index contributed by atoms with van der Waals surface area (Å²) in [4.78, 5) is 15.4. The van der Waals surface area contributed by atoms with Crippen LogP contribution >= 0.6 is 11.8 Å². The Hall–Kier alpha value is -0.900. The van der Waals surface area contributed by atoms with Gasteiger partial charge in [-0.3, -0.25) is 9.78 Å². The fraction of sp³-hybridized carbons (Fsp3) is 0.400. The molecular formula is C10H10FNOS. The molecular weight excluding hydrogens is 201 g/mol. The number of Topliss-reactive ketones (excluding diaryl/α,β-unsaturated/α-hetero) is 1. The molecule has 2 heterocycles. The number of carbonyl (C=O) groups is 1. The van der Waals surface area contributed by atoms with E-state index in [1.165, 1.54) is 12.3 Å². The summed E-state index contributed by atoms with van der Waals surface area (Å²) in [6.07, 6.45) is 4.46. The van der Waals surface area contributed by atoms with Gasteiger partial charge in [0.15, 0.2) is 11.6 Å². The van der Waals surface area contributed by atoms with Crippen LogP contribution in [0.25, 0.3) is 0 Å². The molecule has 4 heteroatoms. The monoisotopic (exact) mass is 211 g/mol. The predicted octanol–water partition coefficient (Wildman–Crippen LogP) is 2.30. The Kier molecular flexibility index (Phi) is 2.82. The van der Waals surface area contributed by atoms with Crippen molar-refractivity contribution in [2.75, 3.05) is 5.75 Å². The first-order chi connectivity index (χ1) is 6.79.